The lowest BCUT2D eigenvalue weighted by atomic mass is 10.1. The van der Waals surface area contributed by atoms with Crippen LogP contribution < -0.4 is 0 Å². The largest absolute Gasteiger partial charge is 0.465 e. The van der Waals surface area contributed by atoms with E-state index in [1.54, 1.807) is 0 Å². The molecule has 102 valence electrons. The van der Waals surface area contributed by atoms with Crippen LogP contribution >= 0.6 is 7.60 Å². The Morgan fingerprint density at radius 3 is 2.12 bits per heavy atom. The van der Waals surface area contributed by atoms with E-state index in [4.69, 9.17) is 18.6 Å². The predicted octanol–water partition coefficient (Wildman–Crippen LogP) is 2.84. The van der Waals surface area contributed by atoms with Crippen molar-refractivity contribution in [1.82, 2.24) is 0 Å². The number of carbonyl (C=O) groups excluding carboxylic acids is 1. The summed E-state index contributed by atoms with van der Waals surface area (Å²) in [7, 11) is -4.61. The second-order valence-electron chi connectivity index (χ2n) is 2.94. The molecule has 17 heavy (non-hydrogen) atoms. The van der Waals surface area contributed by atoms with Gasteiger partial charge in [0, 0.05) is 9.60 Å². The maximum atomic E-state index is 13.0. The Hall–Kier alpha value is -0.380. The van der Waals surface area contributed by atoms with E-state index >= 15 is 0 Å². The van der Waals surface area contributed by atoms with E-state index in [1.165, 1.54) is 20.8 Å². The molecule has 0 rings (SSSR count). The molecule has 0 heterocycles. The highest BCUT2D eigenvalue weighted by molar-refractivity contribution is 7.55. The normalized spacial score (nSPS) is 21.9. The lowest BCUT2D eigenvalue weighted by Crippen LogP contribution is -2.30. The minimum atomic E-state index is -4.61. The summed E-state index contributed by atoms with van der Waals surface area (Å²) in [6, 6.07) is 0. The Kier molecular flexibility index (Phi) is 3.66. The van der Waals surface area contributed by atoms with Gasteiger partial charge >= 0.3 is 13.6 Å². The molecule has 0 aromatic carbocycles. The zero-order chi connectivity index (χ0) is 19.4. The highest BCUT2D eigenvalue weighted by atomic mass is 31.2. The molecular formula is C11H23O5P. The molecule has 0 aliphatic heterocycles. The van der Waals surface area contributed by atoms with Gasteiger partial charge in [0.25, 0.3) is 0 Å². The fourth-order valence-corrected chi connectivity index (χ4v) is 2.91. The highest BCUT2D eigenvalue weighted by Crippen LogP contribution is 2.55. The van der Waals surface area contributed by atoms with Gasteiger partial charge in [0.1, 0.15) is 0 Å². The van der Waals surface area contributed by atoms with Crippen molar-refractivity contribution in [2.75, 3.05) is 19.8 Å². The first-order valence-electron chi connectivity index (χ1n) is 8.78. The molecule has 0 aliphatic rings. The molecule has 0 bridgehead atoms. The lowest BCUT2D eigenvalue weighted by molar-refractivity contribution is -0.144. The smallest absolute Gasteiger partial charge is 0.345 e. The van der Waals surface area contributed by atoms with Crippen molar-refractivity contribution >= 4 is 13.6 Å². The number of rotatable bonds is 8. The Morgan fingerprint density at radius 1 is 1.24 bits per heavy atom. The van der Waals surface area contributed by atoms with Crippen LogP contribution in [0.5, 0.6) is 0 Å². The third-order valence-corrected chi connectivity index (χ3v) is 4.06. The topological polar surface area (TPSA) is 61.8 Å². The van der Waals surface area contributed by atoms with E-state index in [-0.39, 0.29) is 19.8 Å². The van der Waals surface area contributed by atoms with Gasteiger partial charge in [-0.25, -0.2) is 0 Å². The second kappa shape index (κ2) is 7.85. The van der Waals surface area contributed by atoms with E-state index in [1.807, 2.05) is 0 Å². The van der Waals surface area contributed by atoms with Gasteiger partial charge in [-0.15, -0.1) is 0 Å². The van der Waals surface area contributed by atoms with Gasteiger partial charge in [-0.3, -0.25) is 9.36 Å². The quantitative estimate of drug-likeness (QED) is 0.502. The van der Waals surface area contributed by atoms with Gasteiger partial charge in [0.15, 0.2) is 5.66 Å². The molecule has 0 spiro atoms. The number of esters is 1. The molecular weight excluding hydrogens is 243 g/mol. The molecule has 0 amide bonds. The van der Waals surface area contributed by atoms with Gasteiger partial charge in [0.2, 0.25) is 0 Å². The summed E-state index contributed by atoms with van der Waals surface area (Å²) in [5.41, 5.74) is -2.45. The van der Waals surface area contributed by atoms with E-state index < -0.39 is 38.8 Å². The minimum absolute atomic E-state index is 0.230. The van der Waals surface area contributed by atoms with Crippen LogP contribution in [0.4, 0.5) is 0 Å². The summed E-state index contributed by atoms with van der Waals surface area (Å²) < 4.78 is 80.7. The van der Waals surface area contributed by atoms with E-state index in [0.29, 0.717) is 0 Å². The summed E-state index contributed by atoms with van der Waals surface area (Å²) in [6.45, 7) is -3.48. The summed E-state index contributed by atoms with van der Waals surface area (Å²) in [5, 5.41) is 0. The molecule has 5 nitrogen and oxygen atoms in total. The average molecular weight is 273 g/mol. The maximum Gasteiger partial charge on any atom is 0.345 e. The molecule has 0 saturated heterocycles. The molecule has 1 unspecified atom stereocenters. The first-order chi connectivity index (χ1) is 10.7. The molecule has 0 N–H and O–H groups in total. The van der Waals surface area contributed by atoms with Gasteiger partial charge in [-0.05, 0) is 26.7 Å². The SMILES string of the molecule is [2H]C([2H])([2H])C([2H])(C(C(=O)OCC)P(=O)(OCC)OCC)C([2H])([2H])[2H]. The summed E-state index contributed by atoms with van der Waals surface area (Å²) in [5.74, 6) is -4.86. The fourth-order valence-electron chi connectivity index (χ4n) is 1.17. The molecule has 0 aromatic heterocycles. The van der Waals surface area contributed by atoms with Crippen molar-refractivity contribution in [2.24, 2.45) is 5.89 Å². The van der Waals surface area contributed by atoms with Crippen LogP contribution in [0.25, 0.3) is 0 Å². The van der Waals surface area contributed by atoms with Crippen molar-refractivity contribution in [3.05, 3.63) is 0 Å². The number of carbonyl (C=O) groups is 1. The summed E-state index contributed by atoms with van der Waals surface area (Å²) >= 11 is 0. The first-order valence-corrected chi connectivity index (χ1v) is 6.89. The van der Waals surface area contributed by atoms with Crippen molar-refractivity contribution in [1.29, 1.82) is 0 Å². The Balaban J connectivity index is 6.58. The van der Waals surface area contributed by atoms with Crippen LogP contribution in [0.2, 0.25) is 0 Å². The first kappa shape index (κ1) is 7.93. The summed E-state index contributed by atoms with van der Waals surface area (Å²) in [6.07, 6.45) is 0. The van der Waals surface area contributed by atoms with Gasteiger partial charge < -0.3 is 13.8 Å². The third-order valence-electron chi connectivity index (χ3n) is 1.72. The van der Waals surface area contributed by atoms with Gasteiger partial charge in [-0.2, -0.15) is 0 Å². The van der Waals surface area contributed by atoms with Crippen molar-refractivity contribution in [2.45, 2.75) is 40.1 Å². The number of ether oxygens (including phenoxy) is 1. The zero-order valence-electron chi connectivity index (χ0n) is 17.2. The van der Waals surface area contributed by atoms with Gasteiger partial charge in [0.05, 0.1) is 19.8 Å². The molecule has 0 radical (unpaired) electrons. The standard InChI is InChI=1S/C11H23O5P/c1-6-14-11(12)10(9(4)5)17(13,15-7-2)16-8-3/h9-10H,6-8H2,1-5H3/i4D3,5D3,9D. The minimum Gasteiger partial charge on any atom is -0.465 e. The van der Waals surface area contributed by atoms with Crippen LogP contribution in [-0.2, 0) is 23.1 Å². The molecule has 0 aliphatic carbocycles. The molecule has 0 saturated carbocycles. The van der Waals surface area contributed by atoms with E-state index in [0.717, 1.165) is 0 Å². The van der Waals surface area contributed by atoms with E-state index in [2.05, 4.69) is 4.74 Å². The molecule has 0 aromatic rings. The Bertz CT molecular complexity index is 452. The van der Waals surface area contributed by atoms with Crippen LogP contribution in [-0.4, -0.2) is 31.4 Å². The monoisotopic (exact) mass is 273 g/mol. The highest BCUT2D eigenvalue weighted by Gasteiger charge is 2.44. The van der Waals surface area contributed by atoms with Crippen molar-refractivity contribution in [3.8, 4) is 0 Å². The predicted molar refractivity (Wildman–Crippen MR) is 66.1 cm³/mol. The molecule has 6 heteroatoms. The van der Waals surface area contributed by atoms with Crippen molar-refractivity contribution in [3.63, 3.8) is 0 Å². The zero-order valence-corrected chi connectivity index (χ0v) is 11.1. The average Bonchev–Trinajstić information content (AvgIpc) is 2.36. The third kappa shape index (κ3) is 4.78. The van der Waals surface area contributed by atoms with Crippen LogP contribution in [0.15, 0.2) is 0 Å². The van der Waals surface area contributed by atoms with Crippen molar-refractivity contribution < 1.29 is 32.7 Å². The number of hydrogen-bond donors (Lipinski definition) is 0. The summed E-state index contributed by atoms with van der Waals surface area (Å²) in [4.78, 5) is 12.3. The Morgan fingerprint density at radius 2 is 1.76 bits per heavy atom. The van der Waals surface area contributed by atoms with E-state index in [9.17, 15) is 9.36 Å². The van der Waals surface area contributed by atoms with Crippen LogP contribution in [0, 0.1) is 5.89 Å². The lowest BCUT2D eigenvalue weighted by Gasteiger charge is -2.27. The maximum absolute atomic E-state index is 13.0. The Labute approximate surface area is 113 Å². The number of hydrogen-bond acceptors (Lipinski definition) is 5. The molecule has 0 fully saturated rings. The fraction of sp³-hybridized carbons (Fsp3) is 0.909. The molecule has 1 atom stereocenters. The van der Waals surface area contributed by atoms with Crippen LogP contribution in [0.1, 0.15) is 44.1 Å². The second-order valence-corrected chi connectivity index (χ2v) is 5.06. The van der Waals surface area contributed by atoms with Gasteiger partial charge in [-0.1, -0.05) is 13.7 Å². The van der Waals surface area contributed by atoms with Crippen LogP contribution in [0.3, 0.4) is 0 Å².